The highest BCUT2D eigenvalue weighted by Crippen LogP contribution is 2.35. The number of amides is 1. The Labute approximate surface area is 190 Å². The molecular formula is C25H22N2O4S. The summed E-state index contributed by atoms with van der Waals surface area (Å²) in [6.07, 6.45) is 0. The summed E-state index contributed by atoms with van der Waals surface area (Å²) in [5, 5.41) is 5.26. The number of aromatic nitrogens is 1. The lowest BCUT2D eigenvalue weighted by atomic mass is 10.1. The Hall–Kier alpha value is -3.84. The predicted octanol–water partition coefficient (Wildman–Crippen LogP) is 5.66. The van der Waals surface area contributed by atoms with Gasteiger partial charge in [-0.05, 0) is 36.4 Å². The third-order valence-corrected chi connectivity index (χ3v) is 5.56. The summed E-state index contributed by atoms with van der Waals surface area (Å²) >= 11 is 1.35. The molecule has 0 bridgehead atoms. The van der Waals surface area contributed by atoms with Crippen LogP contribution >= 0.6 is 11.3 Å². The molecular weight excluding hydrogens is 424 g/mol. The largest absolute Gasteiger partial charge is 0.497 e. The molecule has 32 heavy (non-hydrogen) atoms. The van der Waals surface area contributed by atoms with Gasteiger partial charge >= 0.3 is 0 Å². The molecule has 162 valence electrons. The predicted molar refractivity (Wildman–Crippen MR) is 126 cm³/mol. The van der Waals surface area contributed by atoms with Crippen molar-refractivity contribution in [2.75, 3.05) is 19.5 Å². The van der Waals surface area contributed by atoms with Gasteiger partial charge in [0.05, 0.1) is 19.9 Å². The first-order chi connectivity index (χ1) is 15.7. The lowest BCUT2D eigenvalue weighted by Gasteiger charge is -2.11. The maximum atomic E-state index is 13.0. The molecule has 6 nitrogen and oxygen atoms in total. The molecule has 0 aliphatic heterocycles. The number of carbonyl (C=O) groups excluding carboxylic acids is 1. The van der Waals surface area contributed by atoms with Crippen LogP contribution in [0.15, 0.2) is 78.2 Å². The van der Waals surface area contributed by atoms with E-state index in [9.17, 15) is 4.79 Å². The van der Waals surface area contributed by atoms with Gasteiger partial charge in [0.25, 0.3) is 5.91 Å². The van der Waals surface area contributed by atoms with Crippen molar-refractivity contribution >= 4 is 22.4 Å². The third-order valence-electron chi connectivity index (χ3n) is 4.81. The van der Waals surface area contributed by atoms with Crippen molar-refractivity contribution in [2.45, 2.75) is 6.61 Å². The van der Waals surface area contributed by atoms with Gasteiger partial charge in [-0.3, -0.25) is 10.1 Å². The van der Waals surface area contributed by atoms with Crippen molar-refractivity contribution in [3.05, 3.63) is 89.3 Å². The van der Waals surface area contributed by atoms with Crippen molar-refractivity contribution in [1.29, 1.82) is 0 Å². The number of benzene rings is 3. The Bertz CT molecular complexity index is 1210. The van der Waals surface area contributed by atoms with Gasteiger partial charge in [-0.25, -0.2) is 4.98 Å². The van der Waals surface area contributed by atoms with E-state index in [1.165, 1.54) is 11.3 Å². The van der Waals surface area contributed by atoms with Gasteiger partial charge in [-0.2, -0.15) is 0 Å². The summed E-state index contributed by atoms with van der Waals surface area (Å²) in [7, 11) is 3.21. The summed E-state index contributed by atoms with van der Waals surface area (Å²) in [6.45, 7) is 0.289. The molecule has 1 amide bonds. The van der Waals surface area contributed by atoms with Crippen molar-refractivity contribution in [3.8, 4) is 28.5 Å². The van der Waals surface area contributed by atoms with E-state index >= 15 is 0 Å². The van der Waals surface area contributed by atoms with E-state index < -0.39 is 0 Å². The average Bonchev–Trinajstić information content (AvgIpc) is 3.31. The quantitative estimate of drug-likeness (QED) is 0.378. The number of anilines is 1. The van der Waals surface area contributed by atoms with Crippen LogP contribution in [0.2, 0.25) is 0 Å². The lowest BCUT2D eigenvalue weighted by Crippen LogP contribution is -2.15. The number of nitrogens with zero attached hydrogens (tertiary/aromatic N) is 1. The van der Waals surface area contributed by atoms with Crippen molar-refractivity contribution < 1.29 is 19.0 Å². The average molecular weight is 447 g/mol. The normalized spacial score (nSPS) is 10.4. The van der Waals surface area contributed by atoms with Crippen LogP contribution in [0.5, 0.6) is 17.2 Å². The molecule has 0 aliphatic carbocycles. The maximum Gasteiger partial charge on any atom is 0.257 e. The first-order valence-electron chi connectivity index (χ1n) is 9.93. The third kappa shape index (κ3) is 4.90. The van der Waals surface area contributed by atoms with Crippen LogP contribution in [0, 0.1) is 0 Å². The van der Waals surface area contributed by atoms with Crippen LogP contribution in [-0.2, 0) is 6.61 Å². The fourth-order valence-electron chi connectivity index (χ4n) is 3.18. The second kappa shape index (κ2) is 9.98. The molecule has 0 atom stereocenters. The van der Waals surface area contributed by atoms with Crippen LogP contribution in [0.25, 0.3) is 11.3 Å². The smallest absolute Gasteiger partial charge is 0.257 e. The number of nitrogens with one attached hydrogen (secondary N) is 1. The van der Waals surface area contributed by atoms with Gasteiger partial charge in [0.2, 0.25) is 0 Å². The standard InChI is InChI=1S/C25H22N2O4S/c1-29-19-12-13-23(30-2)21(14-19)22-16-32-25(26-22)27-24(28)20-11-7-6-8-17(20)15-31-18-9-4-3-5-10-18/h3-14,16H,15H2,1-2H3,(H,26,27,28). The highest BCUT2D eigenvalue weighted by Gasteiger charge is 2.16. The van der Waals surface area contributed by atoms with Crippen LogP contribution < -0.4 is 19.5 Å². The van der Waals surface area contributed by atoms with Gasteiger partial charge in [0.15, 0.2) is 5.13 Å². The first kappa shape index (κ1) is 21.4. The summed E-state index contributed by atoms with van der Waals surface area (Å²) < 4.78 is 16.6. The summed E-state index contributed by atoms with van der Waals surface area (Å²) in [5.74, 6) is 1.89. The number of rotatable bonds is 8. The van der Waals surface area contributed by atoms with Crippen molar-refractivity contribution in [2.24, 2.45) is 0 Å². The molecule has 0 saturated heterocycles. The van der Waals surface area contributed by atoms with Crippen LogP contribution in [-0.4, -0.2) is 25.1 Å². The Balaban J connectivity index is 1.51. The molecule has 4 aromatic rings. The SMILES string of the molecule is COc1ccc(OC)c(-c2csc(NC(=O)c3ccccc3COc3ccccc3)n2)c1. The molecule has 0 fully saturated rings. The summed E-state index contributed by atoms with van der Waals surface area (Å²) in [5.41, 5.74) is 2.82. The Morgan fingerprint density at radius 1 is 0.938 bits per heavy atom. The molecule has 0 unspecified atom stereocenters. The highest BCUT2D eigenvalue weighted by molar-refractivity contribution is 7.14. The monoisotopic (exact) mass is 446 g/mol. The zero-order chi connectivity index (χ0) is 22.3. The Morgan fingerprint density at radius 3 is 2.50 bits per heavy atom. The molecule has 1 N–H and O–H groups in total. The zero-order valence-corrected chi connectivity index (χ0v) is 18.5. The zero-order valence-electron chi connectivity index (χ0n) is 17.7. The minimum absolute atomic E-state index is 0.240. The minimum atomic E-state index is -0.240. The number of thiazole rings is 1. The topological polar surface area (TPSA) is 69.7 Å². The Kier molecular flexibility index (Phi) is 6.67. The van der Waals surface area contributed by atoms with E-state index in [1.807, 2.05) is 72.1 Å². The van der Waals surface area contributed by atoms with E-state index in [2.05, 4.69) is 10.3 Å². The van der Waals surface area contributed by atoms with Crippen LogP contribution in [0.4, 0.5) is 5.13 Å². The Morgan fingerprint density at radius 2 is 1.72 bits per heavy atom. The van der Waals surface area contributed by atoms with Crippen molar-refractivity contribution in [1.82, 2.24) is 4.98 Å². The van der Waals surface area contributed by atoms with Crippen LogP contribution in [0.3, 0.4) is 0 Å². The molecule has 4 rings (SSSR count). The number of hydrogen-bond donors (Lipinski definition) is 1. The molecule has 3 aromatic carbocycles. The molecule has 0 saturated carbocycles. The van der Waals surface area contributed by atoms with Gasteiger partial charge in [-0.1, -0.05) is 36.4 Å². The molecule has 1 aromatic heterocycles. The highest BCUT2D eigenvalue weighted by atomic mass is 32.1. The minimum Gasteiger partial charge on any atom is -0.497 e. The molecule has 0 spiro atoms. The summed E-state index contributed by atoms with van der Waals surface area (Å²) in [4.78, 5) is 17.5. The fraction of sp³-hybridized carbons (Fsp3) is 0.120. The second-order valence-corrected chi connectivity index (χ2v) is 7.68. The van der Waals surface area contributed by atoms with Gasteiger partial charge < -0.3 is 14.2 Å². The van der Waals surface area contributed by atoms with Crippen LogP contribution in [0.1, 0.15) is 15.9 Å². The van der Waals surface area contributed by atoms with E-state index in [0.717, 1.165) is 16.9 Å². The number of para-hydroxylation sites is 1. The number of methoxy groups -OCH3 is 2. The molecule has 0 radical (unpaired) electrons. The molecule has 7 heteroatoms. The van der Waals surface area contributed by atoms with Gasteiger partial charge in [0, 0.05) is 22.1 Å². The van der Waals surface area contributed by atoms with E-state index in [4.69, 9.17) is 14.2 Å². The van der Waals surface area contributed by atoms with Gasteiger partial charge in [-0.15, -0.1) is 11.3 Å². The van der Waals surface area contributed by atoms with E-state index in [-0.39, 0.29) is 12.5 Å². The number of hydrogen-bond acceptors (Lipinski definition) is 6. The maximum absolute atomic E-state index is 13.0. The first-order valence-corrected chi connectivity index (χ1v) is 10.8. The second-order valence-electron chi connectivity index (χ2n) is 6.82. The lowest BCUT2D eigenvalue weighted by molar-refractivity contribution is 0.102. The van der Waals surface area contributed by atoms with Crippen molar-refractivity contribution in [3.63, 3.8) is 0 Å². The fourth-order valence-corrected chi connectivity index (χ4v) is 3.88. The van der Waals surface area contributed by atoms with Gasteiger partial charge in [0.1, 0.15) is 23.9 Å². The van der Waals surface area contributed by atoms with E-state index in [1.54, 1.807) is 20.3 Å². The number of ether oxygens (including phenoxy) is 3. The number of carbonyl (C=O) groups is 1. The molecule has 0 aliphatic rings. The van der Waals surface area contributed by atoms with E-state index in [0.29, 0.717) is 27.9 Å². The summed E-state index contributed by atoms with van der Waals surface area (Å²) in [6, 6.07) is 22.4. The molecule has 1 heterocycles.